The van der Waals surface area contributed by atoms with E-state index in [2.05, 4.69) is 36.8 Å². The van der Waals surface area contributed by atoms with Crippen LogP contribution in [0.15, 0.2) is 49.2 Å². The van der Waals surface area contributed by atoms with E-state index in [0.29, 0.717) is 11.4 Å². The molecule has 0 amide bonds. The minimum atomic E-state index is -0.612. The smallest absolute Gasteiger partial charge is 0.152 e. The number of rotatable bonds is 7. The number of pyridine rings is 1. The van der Waals surface area contributed by atoms with E-state index in [1.54, 1.807) is 13.0 Å². The van der Waals surface area contributed by atoms with Crippen molar-refractivity contribution in [3.63, 3.8) is 0 Å². The molecular weight excluding hydrogens is 438 g/mol. The molecule has 3 aromatic rings. The summed E-state index contributed by atoms with van der Waals surface area (Å²) >= 11 is 6.15. The van der Waals surface area contributed by atoms with E-state index in [9.17, 15) is 8.78 Å². The molecule has 0 atom stereocenters. The monoisotopic (exact) mass is 474 g/mol. The maximum atomic E-state index is 13.1. The van der Waals surface area contributed by atoms with E-state index in [1.807, 2.05) is 32.9 Å². The Kier molecular flexibility index (Phi) is 12.7. The molecule has 2 aromatic carbocycles. The van der Waals surface area contributed by atoms with Crippen LogP contribution in [-0.2, 0) is 0 Å². The minimum Gasteiger partial charge on any atom is -0.382 e. The number of halogens is 3. The molecule has 0 saturated carbocycles. The molecule has 33 heavy (non-hydrogen) atoms. The second kappa shape index (κ2) is 14.6. The van der Waals surface area contributed by atoms with E-state index < -0.39 is 11.6 Å². The summed E-state index contributed by atoms with van der Waals surface area (Å²) in [5.74, 6) is -1.18. The fraction of sp³-hybridized carbons (Fsp3) is 0.393. The largest absolute Gasteiger partial charge is 0.382 e. The van der Waals surface area contributed by atoms with Gasteiger partial charge in [-0.05, 0) is 56.0 Å². The van der Waals surface area contributed by atoms with Gasteiger partial charge < -0.3 is 5.32 Å². The van der Waals surface area contributed by atoms with Crippen LogP contribution in [0.4, 0.5) is 8.78 Å². The number of nitrogens with one attached hydrogen (secondary N) is 1. The molecule has 5 heteroatoms. The summed E-state index contributed by atoms with van der Waals surface area (Å²) in [5, 5.41) is 4.88. The van der Waals surface area contributed by atoms with Crippen molar-refractivity contribution in [2.24, 2.45) is 0 Å². The quantitative estimate of drug-likeness (QED) is 0.369. The van der Waals surface area contributed by atoms with Crippen molar-refractivity contribution in [1.82, 2.24) is 10.3 Å². The van der Waals surface area contributed by atoms with Gasteiger partial charge in [0.05, 0.1) is 0 Å². The van der Waals surface area contributed by atoms with E-state index in [1.165, 1.54) is 37.9 Å². The van der Waals surface area contributed by atoms with Gasteiger partial charge >= 0.3 is 0 Å². The van der Waals surface area contributed by atoms with Gasteiger partial charge in [0.25, 0.3) is 0 Å². The summed E-state index contributed by atoms with van der Waals surface area (Å²) in [5.41, 5.74) is 4.26. The van der Waals surface area contributed by atoms with Gasteiger partial charge in [0, 0.05) is 40.0 Å². The van der Waals surface area contributed by atoms with Gasteiger partial charge in [-0.2, -0.15) is 0 Å². The highest BCUT2D eigenvalue weighted by Crippen LogP contribution is 2.24. The van der Waals surface area contributed by atoms with Gasteiger partial charge in [-0.1, -0.05) is 70.8 Å². The van der Waals surface area contributed by atoms with Crippen LogP contribution in [0.3, 0.4) is 0 Å². The SMILES string of the molecule is C=C(NC(CCC)CCC)c1cccc(Cl)c1C.CC.Cc1ccnc2c(F)cc(F)cc12. The summed E-state index contributed by atoms with van der Waals surface area (Å²) in [6.45, 7) is 16.4. The minimum absolute atomic E-state index is 0.224. The highest BCUT2D eigenvalue weighted by atomic mass is 35.5. The molecule has 0 unspecified atom stereocenters. The van der Waals surface area contributed by atoms with Crippen LogP contribution >= 0.6 is 11.6 Å². The first-order chi connectivity index (χ1) is 15.8. The second-order valence-electron chi connectivity index (χ2n) is 7.72. The number of hydrogen-bond donors (Lipinski definition) is 1. The molecule has 180 valence electrons. The molecule has 0 spiro atoms. The molecule has 0 aliphatic rings. The topological polar surface area (TPSA) is 24.9 Å². The maximum absolute atomic E-state index is 13.1. The lowest BCUT2D eigenvalue weighted by molar-refractivity contribution is 0.502. The van der Waals surface area contributed by atoms with Gasteiger partial charge in [0.2, 0.25) is 0 Å². The zero-order valence-corrected chi connectivity index (χ0v) is 21.5. The predicted molar refractivity (Wildman–Crippen MR) is 140 cm³/mol. The van der Waals surface area contributed by atoms with Gasteiger partial charge in [-0.25, -0.2) is 8.78 Å². The molecule has 1 heterocycles. The van der Waals surface area contributed by atoms with E-state index in [-0.39, 0.29) is 5.52 Å². The lowest BCUT2D eigenvalue weighted by Gasteiger charge is -2.21. The van der Waals surface area contributed by atoms with Crippen LogP contribution in [0.5, 0.6) is 0 Å². The third-order valence-corrected chi connectivity index (χ3v) is 5.64. The van der Waals surface area contributed by atoms with E-state index in [4.69, 9.17) is 11.6 Å². The third-order valence-electron chi connectivity index (χ3n) is 5.23. The van der Waals surface area contributed by atoms with Crippen molar-refractivity contribution in [3.8, 4) is 0 Å². The normalized spacial score (nSPS) is 10.2. The Morgan fingerprint density at radius 1 is 1.06 bits per heavy atom. The molecule has 0 bridgehead atoms. The molecule has 0 fully saturated rings. The third kappa shape index (κ3) is 8.43. The number of nitrogens with zero attached hydrogens (tertiary/aromatic N) is 1. The Bertz CT molecular complexity index is 1030. The number of hydrogen-bond acceptors (Lipinski definition) is 2. The first kappa shape index (κ1) is 28.6. The van der Waals surface area contributed by atoms with Gasteiger partial charge in [0.1, 0.15) is 11.3 Å². The zero-order chi connectivity index (χ0) is 25.0. The molecular formula is C28H37ClF2N2. The van der Waals surface area contributed by atoms with Gasteiger partial charge in [-0.15, -0.1) is 0 Å². The van der Waals surface area contributed by atoms with Crippen molar-refractivity contribution in [1.29, 1.82) is 0 Å². The maximum Gasteiger partial charge on any atom is 0.152 e. The molecule has 2 nitrogen and oxygen atoms in total. The van der Waals surface area contributed by atoms with Crippen molar-refractivity contribution in [3.05, 3.63) is 82.5 Å². The summed E-state index contributed by atoms with van der Waals surface area (Å²) in [7, 11) is 0. The summed E-state index contributed by atoms with van der Waals surface area (Å²) in [6, 6.07) is 10.4. The van der Waals surface area contributed by atoms with Crippen LogP contribution in [-0.4, -0.2) is 11.0 Å². The molecule has 3 rings (SSSR count). The van der Waals surface area contributed by atoms with Gasteiger partial charge in [-0.3, -0.25) is 4.98 Å². The Morgan fingerprint density at radius 3 is 2.30 bits per heavy atom. The van der Waals surface area contributed by atoms with E-state index >= 15 is 0 Å². The average molecular weight is 475 g/mol. The summed E-state index contributed by atoms with van der Waals surface area (Å²) in [4.78, 5) is 3.84. The number of fused-ring (bicyclic) bond motifs is 1. The zero-order valence-electron chi connectivity index (χ0n) is 20.7. The first-order valence-electron chi connectivity index (χ1n) is 11.7. The van der Waals surface area contributed by atoms with Crippen LogP contribution in [0, 0.1) is 25.5 Å². The molecule has 1 aromatic heterocycles. The lowest BCUT2D eigenvalue weighted by atomic mass is 10.0. The summed E-state index contributed by atoms with van der Waals surface area (Å²) < 4.78 is 25.9. The fourth-order valence-corrected chi connectivity index (χ4v) is 3.73. The van der Waals surface area contributed by atoms with Crippen molar-refractivity contribution in [2.45, 2.75) is 73.3 Å². The highest BCUT2D eigenvalue weighted by molar-refractivity contribution is 6.31. The molecule has 0 aliphatic heterocycles. The van der Waals surface area contributed by atoms with Gasteiger partial charge in [0.15, 0.2) is 5.82 Å². The standard InChI is InChI=1S/C16H24ClN.C10H7F2N.C2H6/c1-5-8-14(9-6-2)18-13(4)15-10-7-11-16(17)12(15)3;1-6-2-3-13-10-8(6)4-7(11)5-9(10)12;1-2/h7,10-11,14,18H,4-6,8-9H2,1-3H3;2-5H,1H3;1-2H3. The van der Waals surface area contributed by atoms with Crippen LogP contribution in [0.1, 0.15) is 70.1 Å². The number of aromatic nitrogens is 1. The van der Waals surface area contributed by atoms with E-state index in [0.717, 1.165) is 33.5 Å². The fourth-order valence-electron chi connectivity index (χ4n) is 3.56. The Hall–Kier alpha value is -2.46. The summed E-state index contributed by atoms with van der Waals surface area (Å²) in [6.07, 6.45) is 6.27. The van der Waals surface area contributed by atoms with Crippen LogP contribution in [0.25, 0.3) is 16.6 Å². The lowest BCUT2D eigenvalue weighted by Crippen LogP contribution is -2.27. The average Bonchev–Trinajstić information content (AvgIpc) is 2.78. The van der Waals surface area contributed by atoms with Crippen LogP contribution in [0.2, 0.25) is 5.02 Å². The molecule has 1 N–H and O–H groups in total. The molecule has 0 saturated heterocycles. The molecule has 0 aliphatic carbocycles. The Morgan fingerprint density at radius 2 is 1.70 bits per heavy atom. The van der Waals surface area contributed by atoms with Crippen LogP contribution < -0.4 is 5.32 Å². The number of benzene rings is 2. The van der Waals surface area contributed by atoms with Crippen molar-refractivity contribution in [2.75, 3.05) is 0 Å². The Labute approximate surface area is 203 Å². The van der Waals surface area contributed by atoms with Crippen molar-refractivity contribution < 1.29 is 8.78 Å². The first-order valence-corrected chi connectivity index (χ1v) is 12.1. The van der Waals surface area contributed by atoms with Crippen molar-refractivity contribution >= 4 is 28.2 Å². The predicted octanol–water partition coefficient (Wildman–Crippen LogP) is 9.03. The second-order valence-corrected chi connectivity index (χ2v) is 8.13. The number of aryl methyl sites for hydroxylation is 1. The molecule has 0 radical (unpaired) electrons. The Balaban J connectivity index is 0.000000319. The highest BCUT2D eigenvalue weighted by Gasteiger charge is 2.11.